The minimum Gasteiger partial charge on any atom is -0.485 e. The lowest BCUT2D eigenvalue weighted by Crippen LogP contribution is -2.17. The molecule has 0 aliphatic carbocycles. The lowest BCUT2D eigenvalue weighted by Gasteiger charge is -2.11. The van der Waals surface area contributed by atoms with Gasteiger partial charge in [-0.15, -0.1) is 0 Å². The van der Waals surface area contributed by atoms with E-state index in [2.05, 4.69) is 5.32 Å². The molecular formula is C23H20FNO3. The molecule has 0 aliphatic rings. The summed E-state index contributed by atoms with van der Waals surface area (Å²) >= 11 is 0. The predicted octanol–water partition coefficient (Wildman–Crippen LogP) is 4.58. The number of carbonyl (C=O) groups is 2. The van der Waals surface area contributed by atoms with Gasteiger partial charge < -0.3 is 10.1 Å². The van der Waals surface area contributed by atoms with Crippen LogP contribution < -0.4 is 10.1 Å². The average Bonchev–Trinajstić information content (AvgIpc) is 2.70. The molecule has 3 rings (SSSR count). The molecule has 3 aromatic carbocycles. The fraction of sp³-hybridized carbons (Fsp3) is 0.130. The first-order chi connectivity index (χ1) is 13.5. The van der Waals surface area contributed by atoms with Crippen molar-refractivity contribution < 1.29 is 18.7 Å². The molecule has 1 amide bonds. The first-order valence-corrected chi connectivity index (χ1v) is 8.87. The molecule has 3 aromatic rings. The van der Waals surface area contributed by atoms with E-state index in [1.165, 1.54) is 12.1 Å². The van der Waals surface area contributed by atoms with Crippen molar-refractivity contribution in [2.24, 2.45) is 0 Å². The van der Waals surface area contributed by atoms with Crippen LogP contribution in [0.15, 0.2) is 72.8 Å². The molecule has 0 radical (unpaired) electrons. The summed E-state index contributed by atoms with van der Waals surface area (Å²) in [7, 11) is 0. The van der Waals surface area contributed by atoms with Gasteiger partial charge in [0.25, 0.3) is 5.91 Å². The zero-order chi connectivity index (χ0) is 19.9. The van der Waals surface area contributed by atoms with E-state index in [-0.39, 0.29) is 30.5 Å². The topological polar surface area (TPSA) is 55.4 Å². The Morgan fingerprint density at radius 3 is 2.32 bits per heavy atom. The number of benzene rings is 3. The highest BCUT2D eigenvalue weighted by atomic mass is 19.1. The number of hydrogen-bond acceptors (Lipinski definition) is 3. The average molecular weight is 377 g/mol. The molecule has 0 spiro atoms. The largest absolute Gasteiger partial charge is 0.485 e. The Bertz CT molecular complexity index is 966. The Kier molecular flexibility index (Phi) is 6.17. The second-order valence-electron chi connectivity index (χ2n) is 6.45. The summed E-state index contributed by atoms with van der Waals surface area (Å²) in [6, 6.07) is 20.0. The minimum atomic E-state index is -0.346. The van der Waals surface area contributed by atoms with Gasteiger partial charge in [0.1, 0.15) is 18.2 Å². The summed E-state index contributed by atoms with van der Waals surface area (Å²) in [5.74, 6) is -0.494. The SMILES string of the molecule is Cc1ccc(NC(=O)c2ccccc2OCC(=O)Cc2ccc(F)cc2)cc1. The van der Waals surface area contributed by atoms with Crippen LogP contribution >= 0.6 is 0 Å². The molecule has 0 saturated carbocycles. The zero-order valence-corrected chi connectivity index (χ0v) is 15.4. The predicted molar refractivity (Wildman–Crippen MR) is 106 cm³/mol. The van der Waals surface area contributed by atoms with Crippen molar-refractivity contribution in [2.45, 2.75) is 13.3 Å². The Balaban J connectivity index is 1.63. The van der Waals surface area contributed by atoms with Gasteiger partial charge >= 0.3 is 0 Å². The monoisotopic (exact) mass is 377 g/mol. The highest BCUT2D eigenvalue weighted by molar-refractivity contribution is 6.06. The number of ether oxygens (including phenoxy) is 1. The maximum atomic E-state index is 12.9. The van der Waals surface area contributed by atoms with Crippen molar-refractivity contribution in [2.75, 3.05) is 11.9 Å². The summed E-state index contributed by atoms with van der Waals surface area (Å²) < 4.78 is 18.5. The number of nitrogens with one attached hydrogen (secondary N) is 1. The van der Waals surface area contributed by atoms with Crippen molar-refractivity contribution >= 4 is 17.4 Å². The number of amides is 1. The molecule has 4 nitrogen and oxygen atoms in total. The van der Waals surface area contributed by atoms with Crippen LogP contribution in [0.5, 0.6) is 5.75 Å². The van der Waals surface area contributed by atoms with Gasteiger partial charge in [-0.05, 0) is 48.9 Å². The number of Topliss-reactive ketones (excluding diaryl/α,β-unsaturated/α-hetero) is 1. The van der Waals surface area contributed by atoms with Gasteiger partial charge in [-0.2, -0.15) is 0 Å². The van der Waals surface area contributed by atoms with E-state index in [4.69, 9.17) is 4.74 Å². The van der Waals surface area contributed by atoms with Crippen molar-refractivity contribution in [3.63, 3.8) is 0 Å². The number of anilines is 1. The van der Waals surface area contributed by atoms with E-state index in [0.29, 0.717) is 22.6 Å². The van der Waals surface area contributed by atoms with Gasteiger partial charge in [-0.3, -0.25) is 9.59 Å². The van der Waals surface area contributed by atoms with Crippen LogP contribution in [0.4, 0.5) is 10.1 Å². The van der Waals surface area contributed by atoms with Crippen LogP contribution in [0.3, 0.4) is 0 Å². The maximum absolute atomic E-state index is 12.9. The van der Waals surface area contributed by atoms with Gasteiger partial charge in [0.2, 0.25) is 0 Å². The fourth-order valence-corrected chi connectivity index (χ4v) is 2.65. The number of hydrogen-bond donors (Lipinski definition) is 1. The van der Waals surface area contributed by atoms with Crippen molar-refractivity contribution in [3.05, 3.63) is 95.3 Å². The van der Waals surface area contributed by atoms with Crippen LogP contribution in [0, 0.1) is 12.7 Å². The first-order valence-electron chi connectivity index (χ1n) is 8.87. The third kappa shape index (κ3) is 5.27. The maximum Gasteiger partial charge on any atom is 0.259 e. The van der Waals surface area contributed by atoms with E-state index in [0.717, 1.165) is 5.56 Å². The second-order valence-corrected chi connectivity index (χ2v) is 6.45. The molecule has 0 unspecified atom stereocenters. The first kappa shape index (κ1) is 19.3. The van der Waals surface area contributed by atoms with E-state index < -0.39 is 0 Å². The van der Waals surface area contributed by atoms with Crippen LogP contribution in [-0.2, 0) is 11.2 Å². The summed E-state index contributed by atoms with van der Waals surface area (Å²) in [5.41, 5.74) is 2.83. The van der Waals surface area contributed by atoms with Crippen molar-refractivity contribution in [1.29, 1.82) is 0 Å². The van der Waals surface area contributed by atoms with Gasteiger partial charge in [-0.1, -0.05) is 42.0 Å². The molecule has 0 aromatic heterocycles. The number of carbonyl (C=O) groups excluding carboxylic acids is 2. The second kappa shape index (κ2) is 8.95. The zero-order valence-electron chi connectivity index (χ0n) is 15.4. The molecule has 0 heterocycles. The number of aryl methyl sites for hydroxylation is 1. The Morgan fingerprint density at radius 2 is 1.61 bits per heavy atom. The quantitative estimate of drug-likeness (QED) is 0.656. The lowest BCUT2D eigenvalue weighted by atomic mass is 10.1. The molecule has 0 fully saturated rings. The normalized spacial score (nSPS) is 10.4. The Hall–Kier alpha value is -3.47. The fourth-order valence-electron chi connectivity index (χ4n) is 2.65. The van der Waals surface area contributed by atoms with Crippen molar-refractivity contribution in [1.82, 2.24) is 0 Å². The van der Waals surface area contributed by atoms with E-state index >= 15 is 0 Å². The van der Waals surface area contributed by atoms with Gasteiger partial charge in [0, 0.05) is 12.1 Å². The van der Waals surface area contributed by atoms with Gasteiger partial charge in [-0.25, -0.2) is 4.39 Å². The number of halogens is 1. The molecule has 5 heteroatoms. The summed E-state index contributed by atoms with van der Waals surface area (Å²) in [4.78, 5) is 24.7. The minimum absolute atomic E-state index is 0.137. The van der Waals surface area contributed by atoms with Gasteiger partial charge in [0.05, 0.1) is 5.56 Å². The van der Waals surface area contributed by atoms with E-state index in [9.17, 15) is 14.0 Å². The summed E-state index contributed by atoms with van der Waals surface area (Å²) in [6.45, 7) is 1.80. The standard InChI is InChI=1S/C23H20FNO3/c1-16-6-12-19(13-7-16)25-23(27)21-4-2-3-5-22(21)28-15-20(26)14-17-8-10-18(24)11-9-17/h2-13H,14-15H2,1H3,(H,25,27). The molecule has 142 valence electrons. The lowest BCUT2D eigenvalue weighted by molar-refractivity contribution is -0.120. The van der Waals surface area contributed by atoms with Gasteiger partial charge in [0.15, 0.2) is 5.78 Å². The van der Waals surface area contributed by atoms with Crippen LogP contribution in [0.2, 0.25) is 0 Å². The molecule has 0 bridgehead atoms. The number of ketones is 1. The molecule has 0 aliphatic heterocycles. The Morgan fingerprint density at radius 1 is 0.929 bits per heavy atom. The van der Waals surface area contributed by atoms with Crippen LogP contribution in [0.1, 0.15) is 21.5 Å². The Labute approximate surface area is 163 Å². The smallest absolute Gasteiger partial charge is 0.259 e. The molecule has 0 saturated heterocycles. The molecular weight excluding hydrogens is 357 g/mol. The number of para-hydroxylation sites is 1. The summed E-state index contributed by atoms with van der Waals surface area (Å²) in [5, 5.41) is 2.82. The van der Waals surface area contributed by atoms with E-state index in [1.54, 1.807) is 36.4 Å². The molecule has 1 N–H and O–H groups in total. The molecule has 28 heavy (non-hydrogen) atoms. The van der Waals surface area contributed by atoms with Crippen LogP contribution in [0.25, 0.3) is 0 Å². The van der Waals surface area contributed by atoms with Crippen molar-refractivity contribution in [3.8, 4) is 5.75 Å². The summed E-state index contributed by atoms with van der Waals surface area (Å²) in [6.07, 6.45) is 0.137. The third-order valence-corrected chi connectivity index (χ3v) is 4.14. The third-order valence-electron chi connectivity index (χ3n) is 4.14. The highest BCUT2D eigenvalue weighted by Gasteiger charge is 2.14. The van der Waals surface area contributed by atoms with E-state index in [1.807, 2.05) is 31.2 Å². The highest BCUT2D eigenvalue weighted by Crippen LogP contribution is 2.20. The molecule has 0 atom stereocenters. The number of rotatable bonds is 7. The van der Waals surface area contributed by atoms with Crippen LogP contribution in [-0.4, -0.2) is 18.3 Å².